The first kappa shape index (κ1) is 13.8. The second kappa shape index (κ2) is 4.69. The zero-order chi connectivity index (χ0) is 16.3. The van der Waals surface area contributed by atoms with E-state index in [1.165, 1.54) is 4.90 Å². The molecule has 1 aromatic heterocycles. The summed E-state index contributed by atoms with van der Waals surface area (Å²) in [6.45, 7) is 0.166. The van der Waals surface area contributed by atoms with E-state index in [1.54, 1.807) is 0 Å². The first-order valence-electron chi connectivity index (χ1n) is 8.31. The Balaban J connectivity index is 1.38. The number of benzene rings is 1. The van der Waals surface area contributed by atoms with Gasteiger partial charge in [-0.1, -0.05) is 29.4 Å². The third-order valence-electron chi connectivity index (χ3n) is 5.23. The first-order valence-corrected chi connectivity index (χ1v) is 8.31. The van der Waals surface area contributed by atoms with Gasteiger partial charge in [0.25, 0.3) is 5.91 Å². The molecule has 3 amide bonds. The minimum atomic E-state index is -0.830. The van der Waals surface area contributed by atoms with Crippen LogP contribution in [0.3, 0.4) is 0 Å². The summed E-state index contributed by atoms with van der Waals surface area (Å²) in [6.07, 6.45) is 3.35. The van der Waals surface area contributed by atoms with Crippen LogP contribution in [0.2, 0.25) is 0 Å². The number of carbonyl (C=O) groups is 2. The maximum atomic E-state index is 13.0. The van der Waals surface area contributed by atoms with Gasteiger partial charge >= 0.3 is 6.03 Å². The van der Waals surface area contributed by atoms with Gasteiger partial charge in [-0.2, -0.15) is 0 Å². The smallest absolute Gasteiger partial charge is 0.325 e. The van der Waals surface area contributed by atoms with Crippen LogP contribution in [0.5, 0.6) is 0 Å². The van der Waals surface area contributed by atoms with Crippen molar-refractivity contribution in [3.05, 3.63) is 52.9 Å². The molecule has 2 aromatic rings. The monoisotopic (exact) mass is 323 g/mol. The molecule has 1 aliphatic heterocycles. The molecule has 6 nitrogen and oxygen atoms in total. The Morgan fingerprint density at radius 2 is 1.92 bits per heavy atom. The van der Waals surface area contributed by atoms with Crippen molar-refractivity contribution in [3.8, 4) is 0 Å². The largest absolute Gasteiger partial charge is 0.361 e. The molecule has 6 heteroatoms. The molecule has 1 saturated carbocycles. The summed E-state index contributed by atoms with van der Waals surface area (Å²) in [4.78, 5) is 26.6. The number of amides is 3. The number of hydrogen-bond donors (Lipinski definition) is 1. The second-order valence-corrected chi connectivity index (χ2v) is 7.02. The summed E-state index contributed by atoms with van der Waals surface area (Å²) >= 11 is 0. The molecule has 5 rings (SSSR count). The fourth-order valence-electron chi connectivity index (χ4n) is 3.80. The average molecular weight is 323 g/mol. The number of imide groups is 1. The highest BCUT2D eigenvalue weighted by molar-refractivity contribution is 6.07. The van der Waals surface area contributed by atoms with E-state index in [1.807, 2.05) is 30.3 Å². The molecule has 122 valence electrons. The van der Waals surface area contributed by atoms with Gasteiger partial charge in [0, 0.05) is 24.8 Å². The van der Waals surface area contributed by atoms with E-state index in [0.717, 1.165) is 29.7 Å². The van der Waals surface area contributed by atoms with Crippen molar-refractivity contribution in [1.82, 2.24) is 15.4 Å². The van der Waals surface area contributed by atoms with Crippen molar-refractivity contribution in [2.45, 2.75) is 43.7 Å². The van der Waals surface area contributed by atoms with E-state index in [2.05, 4.69) is 10.5 Å². The highest BCUT2D eigenvalue weighted by atomic mass is 16.5. The molecule has 2 aliphatic carbocycles. The maximum Gasteiger partial charge on any atom is 0.325 e. The molecule has 0 atom stereocenters. The van der Waals surface area contributed by atoms with Crippen molar-refractivity contribution in [2.24, 2.45) is 0 Å². The van der Waals surface area contributed by atoms with Crippen molar-refractivity contribution < 1.29 is 14.1 Å². The molecule has 24 heavy (non-hydrogen) atoms. The lowest BCUT2D eigenvalue weighted by Gasteiger charge is -2.20. The molecule has 0 unspecified atom stereocenters. The van der Waals surface area contributed by atoms with Crippen LogP contribution in [0, 0.1) is 0 Å². The minimum absolute atomic E-state index is 0.166. The predicted molar refractivity (Wildman–Crippen MR) is 84.1 cm³/mol. The summed E-state index contributed by atoms with van der Waals surface area (Å²) in [7, 11) is 0. The van der Waals surface area contributed by atoms with Crippen LogP contribution in [0.15, 0.2) is 34.9 Å². The number of nitrogens with zero attached hydrogens (tertiary/aromatic N) is 2. The van der Waals surface area contributed by atoms with E-state index < -0.39 is 5.54 Å². The maximum absolute atomic E-state index is 13.0. The Bertz CT molecular complexity index is 828. The lowest BCUT2D eigenvalue weighted by atomic mass is 9.96. The third-order valence-corrected chi connectivity index (χ3v) is 5.23. The van der Waals surface area contributed by atoms with Crippen LogP contribution in [0.25, 0.3) is 0 Å². The zero-order valence-corrected chi connectivity index (χ0v) is 13.1. The molecule has 1 saturated heterocycles. The van der Waals surface area contributed by atoms with Gasteiger partial charge in [0.1, 0.15) is 17.0 Å². The third kappa shape index (κ3) is 1.99. The van der Waals surface area contributed by atoms with Crippen molar-refractivity contribution in [3.63, 3.8) is 0 Å². The highest BCUT2D eigenvalue weighted by Crippen LogP contribution is 2.40. The topological polar surface area (TPSA) is 75.4 Å². The van der Waals surface area contributed by atoms with Crippen LogP contribution in [-0.2, 0) is 24.2 Å². The molecular weight excluding hydrogens is 306 g/mol. The number of carbonyl (C=O) groups excluding carboxylic acids is 2. The van der Waals surface area contributed by atoms with Gasteiger partial charge in [0.2, 0.25) is 0 Å². The van der Waals surface area contributed by atoms with Crippen LogP contribution < -0.4 is 5.32 Å². The normalized spacial score (nSPS) is 21.4. The van der Waals surface area contributed by atoms with Crippen molar-refractivity contribution in [2.75, 3.05) is 0 Å². The van der Waals surface area contributed by atoms with Gasteiger partial charge in [-0.05, 0) is 24.0 Å². The van der Waals surface area contributed by atoms with Gasteiger partial charge in [-0.15, -0.1) is 0 Å². The molecule has 2 fully saturated rings. The van der Waals surface area contributed by atoms with Crippen LogP contribution in [0.1, 0.15) is 41.3 Å². The fourth-order valence-corrected chi connectivity index (χ4v) is 3.80. The number of hydrogen-bond acceptors (Lipinski definition) is 4. The van der Waals surface area contributed by atoms with Crippen LogP contribution in [-0.4, -0.2) is 27.5 Å². The first-order chi connectivity index (χ1) is 11.6. The highest BCUT2D eigenvalue weighted by Gasteiger charge is 2.54. The van der Waals surface area contributed by atoms with Gasteiger partial charge in [0.15, 0.2) is 0 Å². The van der Waals surface area contributed by atoms with E-state index in [-0.39, 0.29) is 18.5 Å². The predicted octanol–water partition coefficient (Wildman–Crippen LogP) is 2.14. The zero-order valence-electron chi connectivity index (χ0n) is 13.1. The lowest BCUT2D eigenvalue weighted by molar-refractivity contribution is -0.131. The standard InChI is InChI=1S/C18H17N3O3/c22-16-18(8-12-3-1-2-4-13(12)9-18)19-17(23)21(16)10-14-7-15(24-20-14)11-5-6-11/h1-4,7,11H,5-6,8-10H2,(H,19,23). The van der Waals surface area contributed by atoms with Crippen LogP contribution >= 0.6 is 0 Å². The lowest BCUT2D eigenvalue weighted by Crippen LogP contribution is -2.47. The molecular formula is C18H17N3O3. The number of aromatic nitrogens is 1. The Hall–Kier alpha value is -2.63. The Labute approximate surface area is 138 Å². The number of urea groups is 1. The molecule has 0 bridgehead atoms. The summed E-state index contributed by atoms with van der Waals surface area (Å²) < 4.78 is 5.32. The van der Waals surface area contributed by atoms with E-state index in [4.69, 9.17) is 4.52 Å². The Morgan fingerprint density at radius 1 is 1.21 bits per heavy atom. The van der Waals surface area contributed by atoms with Crippen LogP contribution in [0.4, 0.5) is 4.79 Å². The summed E-state index contributed by atoms with van der Waals surface area (Å²) in [5.74, 6) is 1.16. The van der Waals surface area contributed by atoms with E-state index >= 15 is 0 Å². The Morgan fingerprint density at radius 3 is 2.58 bits per heavy atom. The average Bonchev–Trinajstić information content (AvgIpc) is 3.13. The SMILES string of the molecule is O=C1NC2(Cc3ccccc3C2)C(=O)N1Cc1cc(C2CC2)on1. The summed E-state index contributed by atoms with van der Waals surface area (Å²) in [5, 5.41) is 6.93. The number of rotatable bonds is 3. The van der Waals surface area contributed by atoms with Crippen molar-refractivity contribution >= 4 is 11.9 Å². The van der Waals surface area contributed by atoms with E-state index in [9.17, 15) is 9.59 Å². The number of fused-ring (bicyclic) bond motifs is 1. The molecule has 1 spiro atoms. The fraction of sp³-hybridized carbons (Fsp3) is 0.389. The van der Waals surface area contributed by atoms with Gasteiger partial charge in [0.05, 0.1) is 6.54 Å². The molecule has 0 radical (unpaired) electrons. The molecule has 2 heterocycles. The van der Waals surface area contributed by atoms with E-state index in [0.29, 0.717) is 24.5 Å². The number of nitrogens with one attached hydrogen (secondary N) is 1. The Kier molecular flexibility index (Phi) is 2.69. The quantitative estimate of drug-likeness (QED) is 0.878. The molecule has 1 N–H and O–H groups in total. The molecule has 3 aliphatic rings. The minimum Gasteiger partial charge on any atom is -0.361 e. The van der Waals surface area contributed by atoms with Gasteiger partial charge in [-0.3, -0.25) is 9.69 Å². The van der Waals surface area contributed by atoms with Crippen molar-refractivity contribution in [1.29, 1.82) is 0 Å². The van der Waals surface area contributed by atoms with Gasteiger partial charge < -0.3 is 9.84 Å². The summed E-state index contributed by atoms with van der Waals surface area (Å²) in [6, 6.07) is 9.49. The second-order valence-electron chi connectivity index (χ2n) is 7.02. The summed E-state index contributed by atoms with van der Waals surface area (Å²) in [5.41, 5.74) is 2.06. The molecule has 1 aromatic carbocycles. The van der Waals surface area contributed by atoms with Gasteiger partial charge in [-0.25, -0.2) is 4.79 Å².